The Labute approximate surface area is 127 Å². The van der Waals surface area contributed by atoms with E-state index in [2.05, 4.69) is 17.6 Å². The largest absolute Gasteiger partial charge is 0.384 e. The average molecular weight is 286 g/mol. The zero-order chi connectivity index (χ0) is 14.7. The van der Waals surface area contributed by atoms with E-state index >= 15 is 0 Å². The van der Waals surface area contributed by atoms with Crippen LogP contribution in [-0.2, 0) is 6.42 Å². The van der Waals surface area contributed by atoms with Gasteiger partial charge in [-0.2, -0.15) is 0 Å². The maximum atomic E-state index is 12.5. The van der Waals surface area contributed by atoms with Crippen molar-refractivity contribution in [3.8, 4) is 0 Å². The van der Waals surface area contributed by atoms with Gasteiger partial charge >= 0.3 is 0 Å². The van der Waals surface area contributed by atoms with Crippen molar-refractivity contribution >= 4 is 11.6 Å². The molecule has 0 spiro atoms. The van der Waals surface area contributed by atoms with Crippen LogP contribution < -0.4 is 10.6 Å². The van der Waals surface area contributed by atoms with Crippen LogP contribution in [0, 0.1) is 5.92 Å². The van der Waals surface area contributed by atoms with Crippen molar-refractivity contribution in [1.82, 2.24) is 5.32 Å². The van der Waals surface area contributed by atoms with Crippen LogP contribution in [0.5, 0.6) is 0 Å². The number of amides is 1. The van der Waals surface area contributed by atoms with Crippen molar-refractivity contribution in [3.63, 3.8) is 0 Å². The highest BCUT2D eigenvalue weighted by molar-refractivity contribution is 5.95. The molecule has 2 aliphatic rings. The number of fused-ring (bicyclic) bond motifs is 1. The molecule has 0 radical (unpaired) electrons. The fraction of sp³-hybridized carbons (Fsp3) is 0.611. The minimum atomic E-state index is 0.0847. The summed E-state index contributed by atoms with van der Waals surface area (Å²) >= 11 is 0. The highest BCUT2D eigenvalue weighted by Crippen LogP contribution is 2.26. The average Bonchev–Trinajstić information content (AvgIpc) is 2.78. The first-order chi connectivity index (χ1) is 10.2. The molecule has 1 aromatic carbocycles. The van der Waals surface area contributed by atoms with Gasteiger partial charge in [-0.3, -0.25) is 4.79 Å². The van der Waals surface area contributed by atoms with Crippen molar-refractivity contribution in [2.24, 2.45) is 5.92 Å². The maximum absolute atomic E-state index is 12.5. The van der Waals surface area contributed by atoms with Crippen molar-refractivity contribution < 1.29 is 4.79 Å². The Kier molecular flexibility index (Phi) is 4.47. The highest BCUT2D eigenvalue weighted by Gasteiger charge is 2.21. The third-order valence-electron chi connectivity index (χ3n) is 5.04. The second kappa shape index (κ2) is 6.50. The molecule has 1 aliphatic carbocycles. The van der Waals surface area contributed by atoms with Gasteiger partial charge in [-0.25, -0.2) is 0 Å². The van der Waals surface area contributed by atoms with Crippen molar-refractivity contribution in [2.45, 2.75) is 57.9 Å². The molecule has 1 heterocycles. The van der Waals surface area contributed by atoms with Gasteiger partial charge in [-0.1, -0.05) is 25.7 Å². The summed E-state index contributed by atoms with van der Waals surface area (Å²) in [4.78, 5) is 12.5. The van der Waals surface area contributed by atoms with E-state index in [4.69, 9.17) is 0 Å². The molecule has 3 heteroatoms. The topological polar surface area (TPSA) is 41.1 Å². The first-order valence-corrected chi connectivity index (χ1v) is 8.42. The lowest BCUT2D eigenvalue weighted by atomic mass is 9.93. The van der Waals surface area contributed by atoms with Crippen LogP contribution >= 0.6 is 0 Å². The molecule has 1 fully saturated rings. The van der Waals surface area contributed by atoms with E-state index in [1.807, 2.05) is 18.2 Å². The van der Waals surface area contributed by atoms with Crippen LogP contribution in [0.15, 0.2) is 18.2 Å². The number of anilines is 1. The molecular formula is C18H26N2O. The van der Waals surface area contributed by atoms with E-state index in [9.17, 15) is 4.79 Å². The number of hydrogen-bond acceptors (Lipinski definition) is 2. The Balaban J connectivity index is 1.62. The first-order valence-electron chi connectivity index (χ1n) is 8.42. The zero-order valence-corrected chi connectivity index (χ0v) is 13.0. The molecule has 114 valence electrons. The van der Waals surface area contributed by atoms with Crippen LogP contribution in [0.1, 0.15) is 61.4 Å². The molecule has 0 bridgehead atoms. The van der Waals surface area contributed by atoms with Crippen molar-refractivity contribution in [1.29, 1.82) is 0 Å². The van der Waals surface area contributed by atoms with Gasteiger partial charge in [0.1, 0.15) is 0 Å². The summed E-state index contributed by atoms with van der Waals surface area (Å²) in [6.45, 7) is 3.15. The summed E-state index contributed by atoms with van der Waals surface area (Å²) in [6, 6.07) is 6.30. The Hall–Kier alpha value is -1.51. The fourth-order valence-electron chi connectivity index (χ4n) is 3.66. The molecule has 1 aliphatic heterocycles. The molecule has 1 atom stereocenters. The smallest absolute Gasteiger partial charge is 0.251 e. The summed E-state index contributed by atoms with van der Waals surface area (Å²) in [6.07, 6.45) is 8.88. The molecule has 1 aromatic rings. The molecular weight excluding hydrogens is 260 g/mol. The molecule has 3 nitrogen and oxygen atoms in total. The molecule has 0 aromatic heterocycles. The summed E-state index contributed by atoms with van der Waals surface area (Å²) in [7, 11) is 0. The minimum Gasteiger partial charge on any atom is -0.384 e. The lowest BCUT2D eigenvalue weighted by Gasteiger charge is -2.23. The Morgan fingerprint density at radius 1 is 1.24 bits per heavy atom. The Bertz CT molecular complexity index is 504. The standard InChI is InChI=1S/C18H26N2O/c1-13(14-6-4-2-3-5-7-14)20-18(21)16-8-9-17-15(12-16)10-11-19-17/h8-9,12-14,19H,2-7,10-11H2,1H3,(H,20,21)/t13-/m1/s1. The summed E-state index contributed by atoms with van der Waals surface area (Å²) in [5.74, 6) is 0.731. The number of hydrogen-bond donors (Lipinski definition) is 2. The minimum absolute atomic E-state index is 0.0847. The summed E-state index contributed by atoms with van der Waals surface area (Å²) in [5, 5.41) is 6.56. The molecule has 2 N–H and O–H groups in total. The van der Waals surface area contributed by atoms with Crippen LogP contribution in [-0.4, -0.2) is 18.5 Å². The molecule has 1 amide bonds. The second-order valence-corrected chi connectivity index (χ2v) is 6.56. The van der Waals surface area contributed by atoms with Gasteiger partial charge in [0.05, 0.1) is 0 Å². The monoisotopic (exact) mass is 286 g/mol. The molecule has 0 saturated heterocycles. The van der Waals surface area contributed by atoms with Crippen molar-refractivity contribution in [2.75, 3.05) is 11.9 Å². The predicted octanol–water partition coefficient (Wildman–Crippen LogP) is 3.74. The fourth-order valence-corrected chi connectivity index (χ4v) is 3.66. The Morgan fingerprint density at radius 3 is 2.76 bits per heavy atom. The molecule has 1 saturated carbocycles. The van der Waals surface area contributed by atoms with Gasteiger partial charge in [0, 0.05) is 23.8 Å². The van der Waals surface area contributed by atoms with Crippen LogP contribution in [0.4, 0.5) is 5.69 Å². The van der Waals surface area contributed by atoms with E-state index in [0.717, 1.165) is 18.5 Å². The van der Waals surface area contributed by atoms with Gasteiger partial charge < -0.3 is 10.6 Å². The van der Waals surface area contributed by atoms with Gasteiger partial charge in [0.2, 0.25) is 0 Å². The SMILES string of the molecule is C[C@@H](NC(=O)c1ccc2c(c1)CCN2)C1CCCCCC1. The number of rotatable bonds is 3. The number of carbonyl (C=O) groups excluding carboxylic acids is 1. The van der Waals surface area contributed by atoms with Crippen LogP contribution in [0.2, 0.25) is 0 Å². The predicted molar refractivity (Wildman–Crippen MR) is 86.8 cm³/mol. The van der Waals surface area contributed by atoms with E-state index in [0.29, 0.717) is 5.92 Å². The van der Waals surface area contributed by atoms with Gasteiger partial charge in [-0.15, -0.1) is 0 Å². The number of carbonyl (C=O) groups is 1. The van der Waals surface area contributed by atoms with Gasteiger partial charge in [0.25, 0.3) is 5.91 Å². The maximum Gasteiger partial charge on any atom is 0.251 e. The van der Waals surface area contributed by atoms with E-state index < -0.39 is 0 Å². The quantitative estimate of drug-likeness (QED) is 0.831. The van der Waals surface area contributed by atoms with Gasteiger partial charge in [-0.05, 0) is 55.9 Å². The van der Waals surface area contributed by atoms with Gasteiger partial charge in [0.15, 0.2) is 0 Å². The zero-order valence-electron chi connectivity index (χ0n) is 13.0. The summed E-state index contributed by atoms with van der Waals surface area (Å²) < 4.78 is 0. The van der Waals surface area contributed by atoms with E-state index in [1.165, 1.54) is 49.8 Å². The third kappa shape index (κ3) is 3.39. The summed E-state index contributed by atoms with van der Waals surface area (Å²) in [5.41, 5.74) is 3.26. The lowest BCUT2D eigenvalue weighted by molar-refractivity contribution is 0.0924. The molecule has 0 unspecified atom stereocenters. The molecule has 21 heavy (non-hydrogen) atoms. The second-order valence-electron chi connectivity index (χ2n) is 6.56. The number of benzene rings is 1. The lowest BCUT2D eigenvalue weighted by Crippen LogP contribution is -2.38. The van der Waals surface area contributed by atoms with Crippen LogP contribution in [0.25, 0.3) is 0 Å². The number of nitrogens with one attached hydrogen (secondary N) is 2. The van der Waals surface area contributed by atoms with E-state index in [1.54, 1.807) is 0 Å². The normalized spacial score (nSPS) is 20.2. The van der Waals surface area contributed by atoms with Crippen LogP contribution in [0.3, 0.4) is 0 Å². The first kappa shape index (κ1) is 14.4. The van der Waals surface area contributed by atoms with Crippen molar-refractivity contribution in [3.05, 3.63) is 29.3 Å². The molecule has 3 rings (SSSR count). The highest BCUT2D eigenvalue weighted by atomic mass is 16.1. The van der Waals surface area contributed by atoms with E-state index in [-0.39, 0.29) is 11.9 Å². The third-order valence-corrected chi connectivity index (χ3v) is 5.04. The Morgan fingerprint density at radius 2 is 2.00 bits per heavy atom.